The lowest BCUT2D eigenvalue weighted by atomic mass is 9.86. The van der Waals surface area contributed by atoms with Gasteiger partial charge < -0.3 is 4.74 Å². The topological polar surface area (TPSA) is 9.23 Å². The third kappa shape index (κ3) is 3.88. The summed E-state index contributed by atoms with van der Waals surface area (Å²) in [4.78, 5) is 0. The Balaban J connectivity index is 2.82. The van der Waals surface area contributed by atoms with Crippen LogP contribution in [-0.2, 0) is 5.41 Å². The van der Waals surface area contributed by atoms with Crippen molar-refractivity contribution in [2.45, 2.75) is 46.0 Å². The smallest absolute Gasteiger partial charge is 0.119 e. The number of unbranched alkanes of at least 4 members (excludes halogenated alkanes) is 1. The zero-order valence-electron chi connectivity index (χ0n) is 11.0. The molecule has 0 saturated heterocycles. The maximum absolute atomic E-state index is 5.72. The van der Waals surface area contributed by atoms with E-state index in [4.69, 9.17) is 4.74 Å². The van der Waals surface area contributed by atoms with Crippen LogP contribution in [0.2, 0.25) is 0 Å². The second kappa shape index (κ2) is 5.38. The largest absolute Gasteiger partial charge is 0.494 e. The molecule has 0 aromatic heterocycles. The minimum Gasteiger partial charge on any atom is -0.494 e. The Labute approximate surface area is 99.8 Å². The predicted molar refractivity (Wildman–Crippen MR) is 70.0 cm³/mol. The lowest BCUT2D eigenvalue weighted by Crippen LogP contribution is -2.11. The number of rotatable bonds is 4. The first-order chi connectivity index (χ1) is 7.43. The van der Waals surface area contributed by atoms with Gasteiger partial charge in [0.05, 0.1) is 6.61 Å². The molecule has 0 aliphatic heterocycles. The zero-order valence-corrected chi connectivity index (χ0v) is 11.0. The van der Waals surface area contributed by atoms with E-state index in [0.717, 1.165) is 30.8 Å². The molecule has 0 N–H and O–H groups in total. The van der Waals surface area contributed by atoms with Gasteiger partial charge in [0.2, 0.25) is 0 Å². The van der Waals surface area contributed by atoms with Crippen molar-refractivity contribution in [2.24, 2.45) is 0 Å². The molecular formula is C15H23O. The molecule has 0 bridgehead atoms. The van der Waals surface area contributed by atoms with Crippen molar-refractivity contribution in [3.63, 3.8) is 0 Å². The first-order valence-corrected chi connectivity index (χ1v) is 6.04. The number of ether oxygens (including phenoxy) is 1. The van der Waals surface area contributed by atoms with E-state index in [9.17, 15) is 0 Å². The maximum Gasteiger partial charge on any atom is 0.119 e. The minimum absolute atomic E-state index is 0.149. The average molecular weight is 219 g/mol. The van der Waals surface area contributed by atoms with Crippen LogP contribution in [0.3, 0.4) is 0 Å². The van der Waals surface area contributed by atoms with E-state index >= 15 is 0 Å². The molecule has 1 rings (SSSR count). The van der Waals surface area contributed by atoms with E-state index in [1.807, 2.05) is 6.07 Å². The van der Waals surface area contributed by atoms with Gasteiger partial charge in [0, 0.05) is 0 Å². The quantitative estimate of drug-likeness (QED) is 0.684. The summed E-state index contributed by atoms with van der Waals surface area (Å²) in [6.45, 7) is 13.6. The molecule has 1 aromatic carbocycles. The van der Waals surface area contributed by atoms with Crippen LogP contribution in [0.4, 0.5) is 0 Å². The van der Waals surface area contributed by atoms with Crippen LogP contribution >= 0.6 is 0 Å². The molecule has 0 atom stereocenters. The van der Waals surface area contributed by atoms with Gasteiger partial charge >= 0.3 is 0 Å². The molecule has 1 nitrogen and oxygen atoms in total. The molecule has 0 aliphatic carbocycles. The highest BCUT2D eigenvalue weighted by Gasteiger charge is 2.14. The number of benzene rings is 1. The molecule has 0 saturated carbocycles. The van der Waals surface area contributed by atoms with Crippen LogP contribution in [0.15, 0.2) is 18.2 Å². The third-order valence-corrected chi connectivity index (χ3v) is 2.60. The first-order valence-electron chi connectivity index (χ1n) is 6.04. The minimum atomic E-state index is 0.149. The SMILES string of the molecule is [CH2]c1cc(OCCCC)cc(C(C)(C)C)c1. The summed E-state index contributed by atoms with van der Waals surface area (Å²) >= 11 is 0. The van der Waals surface area contributed by atoms with Gasteiger partial charge in [-0.3, -0.25) is 0 Å². The van der Waals surface area contributed by atoms with Gasteiger partial charge in [-0.05, 0) is 42.0 Å². The van der Waals surface area contributed by atoms with Gasteiger partial charge in [-0.15, -0.1) is 0 Å². The van der Waals surface area contributed by atoms with Crippen LogP contribution in [0.5, 0.6) is 5.75 Å². The Hall–Kier alpha value is -0.980. The molecule has 89 valence electrons. The molecule has 16 heavy (non-hydrogen) atoms. The van der Waals surface area contributed by atoms with E-state index < -0.39 is 0 Å². The van der Waals surface area contributed by atoms with Crippen molar-refractivity contribution in [1.29, 1.82) is 0 Å². The molecule has 0 amide bonds. The van der Waals surface area contributed by atoms with Crippen molar-refractivity contribution in [3.8, 4) is 5.75 Å². The van der Waals surface area contributed by atoms with Gasteiger partial charge in [-0.25, -0.2) is 0 Å². The standard InChI is InChI=1S/C15H23O/c1-6-7-8-16-14-10-12(2)9-13(11-14)15(3,4)5/h9-11H,2,6-8H2,1,3-5H3. The molecular weight excluding hydrogens is 196 g/mol. The molecule has 0 fully saturated rings. The summed E-state index contributed by atoms with van der Waals surface area (Å²) in [5.74, 6) is 0.950. The van der Waals surface area contributed by atoms with Gasteiger partial charge in [-0.2, -0.15) is 0 Å². The Morgan fingerprint density at radius 2 is 1.88 bits per heavy atom. The van der Waals surface area contributed by atoms with E-state index in [1.54, 1.807) is 0 Å². The first kappa shape index (κ1) is 13.1. The summed E-state index contributed by atoms with van der Waals surface area (Å²) in [5, 5.41) is 0. The van der Waals surface area contributed by atoms with Gasteiger partial charge in [-0.1, -0.05) is 40.2 Å². The number of hydrogen-bond donors (Lipinski definition) is 0. The van der Waals surface area contributed by atoms with E-state index in [2.05, 4.69) is 46.8 Å². The molecule has 1 radical (unpaired) electrons. The Morgan fingerprint density at radius 3 is 2.44 bits per heavy atom. The second-order valence-corrected chi connectivity index (χ2v) is 5.32. The zero-order chi connectivity index (χ0) is 12.2. The van der Waals surface area contributed by atoms with Crippen molar-refractivity contribution < 1.29 is 4.74 Å². The molecule has 1 aromatic rings. The Kier molecular flexibility index (Phi) is 4.40. The third-order valence-electron chi connectivity index (χ3n) is 2.60. The molecule has 0 aliphatic rings. The maximum atomic E-state index is 5.72. The fourth-order valence-electron chi connectivity index (χ4n) is 1.51. The highest BCUT2D eigenvalue weighted by molar-refractivity contribution is 5.38. The lowest BCUT2D eigenvalue weighted by molar-refractivity contribution is 0.308. The molecule has 0 unspecified atom stereocenters. The van der Waals surface area contributed by atoms with E-state index in [0.29, 0.717) is 0 Å². The predicted octanol–water partition coefficient (Wildman–Crippen LogP) is 4.35. The van der Waals surface area contributed by atoms with E-state index in [1.165, 1.54) is 5.56 Å². The highest BCUT2D eigenvalue weighted by Crippen LogP contribution is 2.27. The lowest BCUT2D eigenvalue weighted by Gasteiger charge is -2.20. The van der Waals surface area contributed by atoms with Crippen molar-refractivity contribution >= 4 is 0 Å². The van der Waals surface area contributed by atoms with Crippen LogP contribution in [0, 0.1) is 6.92 Å². The Bertz CT molecular complexity index is 334. The second-order valence-electron chi connectivity index (χ2n) is 5.32. The normalized spacial score (nSPS) is 11.6. The molecule has 0 heterocycles. The van der Waals surface area contributed by atoms with Crippen molar-refractivity contribution in [1.82, 2.24) is 0 Å². The summed E-state index contributed by atoms with van der Waals surface area (Å²) < 4.78 is 5.72. The average Bonchev–Trinajstić information content (AvgIpc) is 2.16. The monoisotopic (exact) mass is 219 g/mol. The van der Waals surface area contributed by atoms with Crippen LogP contribution in [0.25, 0.3) is 0 Å². The Morgan fingerprint density at radius 1 is 1.19 bits per heavy atom. The fourth-order valence-corrected chi connectivity index (χ4v) is 1.51. The summed E-state index contributed by atoms with van der Waals surface area (Å²) in [6.07, 6.45) is 2.27. The summed E-state index contributed by atoms with van der Waals surface area (Å²) in [6, 6.07) is 6.27. The van der Waals surface area contributed by atoms with Crippen LogP contribution in [-0.4, -0.2) is 6.61 Å². The fraction of sp³-hybridized carbons (Fsp3) is 0.533. The van der Waals surface area contributed by atoms with Gasteiger partial charge in [0.1, 0.15) is 5.75 Å². The number of hydrogen-bond acceptors (Lipinski definition) is 1. The molecule has 0 spiro atoms. The van der Waals surface area contributed by atoms with Crippen molar-refractivity contribution in [3.05, 3.63) is 36.2 Å². The highest BCUT2D eigenvalue weighted by atomic mass is 16.5. The van der Waals surface area contributed by atoms with Crippen LogP contribution in [0.1, 0.15) is 51.7 Å². The van der Waals surface area contributed by atoms with Crippen molar-refractivity contribution in [2.75, 3.05) is 6.61 Å². The van der Waals surface area contributed by atoms with Crippen LogP contribution < -0.4 is 4.74 Å². The van der Waals surface area contributed by atoms with Gasteiger partial charge in [0.15, 0.2) is 0 Å². The summed E-state index contributed by atoms with van der Waals surface area (Å²) in [5.41, 5.74) is 2.46. The van der Waals surface area contributed by atoms with Gasteiger partial charge in [0.25, 0.3) is 0 Å². The molecule has 1 heteroatoms. The van der Waals surface area contributed by atoms with E-state index in [-0.39, 0.29) is 5.41 Å². The summed E-state index contributed by atoms with van der Waals surface area (Å²) in [7, 11) is 0.